The summed E-state index contributed by atoms with van der Waals surface area (Å²) >= 11 is 0. The Morgan fingerprint density at radius 3 is 1.33 bits per heavy atom. The van der Waals surface area contributed by atoms with Crippen molar-refractivity contribution < 1.29 is 38.6 Å². The van der Waals surface area contributed by atoms with Crippen LogP contribution in [-0.4, -0.2) is 36.6 Å². The Balaban J connectivity index is 0. The molecule has 0 aliphatic heterocycles. The highest BCUT2D eigenvalue weighted by Crippen LogP contribution is 2.51. The topological polar surface area (TPSA) is 152 Å². The number of carboxylic acid groups (broad SMARTS) is 1. The largest absolute Gasteiger partial charge is 0.478 e. The van der Waals surface area contributed by atoms with Crippen LogP contribution in [-0.2, 0) is 13.9 Å². The monoisotopic (exact) mass is 262 g/mol. The molecule has 0 aromatic heterocycles. The fourth-order valence-corrected chi connectivity index (χ4v) is 2.16. The Labute approximate surface area is 85.6 Å². The molecule has 0 amide bonds. The van der Waals surface area contributed by atoms with E-state index in [0.717, 1.165) is 0 Å². The molecule has 0 aliphatic rings. The third-order valence-corrected chi connectivity index (χ3v) is 3.68. The van der Waals surface area contributed by atoms with Gasteiger partial charge in [-0.2, -0.15) is 0 Å². The van der Waals surface area contributed by atoms with Gasteiger partial charge in [0.15, 0.2) is 5.90 Å². The molecular formula is C5H12O8P2. The molecule has 0 radical (unpaired) electrons. The Hall–Kier alpha value is -0.490. The van der Waals surface area contributed by atoms with Gasteiger partial charge >= 0.3 is 21.2 Å². The van der Waals surface area contributed by atoms with Crippen LogP contribution >= 0.6 is 15.2 Å². The standard InChI is InChI=1S/C4H6O2.CH6O6P2/c1-3(2)4(5)6;2-8(3,4)1-9(5,6)7/h1H2,2H3,(H,5,6);1H2,(H2,2,3,4)(H2,5,6,7). The first-order chi connectivity index (χ1) is 6.35. The van der Waals surface area contributed by atoms with Crippen LogP contribution in [0.3, 0.4) is 0 Å². The molecule has 0 atom stereocenters. The van der Waals surface area contributed by atoms with E-state index in [0.29, 0.717) is 0 Å². The van der Waals surface area contributed by atoms with Gasteiger partial charge in [0.1, 0.15) is 0 Å². The molecule has 0 unspecified atom stereocenters. The van der Waals surface area contributed by atoms with Gasteiger partial charge in [0, 0.05) is 5.57 Å². The highest BCUT2D eigenvalue weighted by atomic mass is 31.2. The molecule has 0 aromatic carbocycles. The molecule has 8 nitrogen and oxygen atoms in total. The van der Waals surface area contributed by atoms with E-state index in [1.54, 1.807) is 0 Å². The minimum Gasteiger partial charge on any atom is -0.478 e. The van der Waals surface area contributed by atoms with Crippen molar-refractivity contribution in [3.8, 4) is 0 Å². The fraction of sp³-hybridized carbons (Fsp3) is 0.400. The number of hydrogen-bond donors (Lipinski definition) is 5. The maximum Gasteiger partial charge on any atom is 0.337 e. The number of aliphatic carboxylic acids is 1. The lowest BCUT2D eigenvalue weighted by atomic mass is 10.4. The van der Waals surface area contributed by atoms with Crippen LogP contribution in [0, 0.1) is 0 Å². The zero-order valence-corrected chi connectivity index (χ0v) is 9.56. The van der Waals surface area contributed by atoms with E-state index in [9.17, 15) is 13.9 Å². The third-order valence-electron chi connectivity index (χ3n) is 0.734. The van der Waals surface area contributed by atoms with Crippen LogP contribution in [0.4, 0.5) is 0 Å². The van der Waals surface area contributed by atoms with Crippen LogP contribution in [0.25, 0.3) is 0 Å². The predicted octanol–water partition coefficient (Wildman–Crippen LogP) is -0.0536. The van der Waals surface area contributed by atoms with E-state index >= 15 is 0 Å². The van der Waals surface area contributed by atoms with Gasteiger partial charge in [0.25, 0.3) is 0 Å². The summed E-state index contributed by atoms with van der Waals surface area (Å²) in [5.41, 5.74) is 0.176. The average Bonchev–Trinajstić information content (AvgIpc) is 1.78. The first-order valence-corrected chi connectivity index (χ1v) is 6.92. The van der Waals surface area contributed by atoms with E-state index in [1.807, 2.05) is 0 Å². The van der Waals surface area contributed by atoms with Crippen LogP contribution in [0.2, 0.25) is 0 Å². The molecule has 0 rings (SSSR count). The number of carbonyl (C=O) groups is 1. The van der Waals surface area contributed by atoms with E-state index < -0.39 is 27.1 Å². The fourth-order valence-electron chi connectivity index (χ4n) is 0.240. The molecule has 0 spiro atoms. The van der Waals surface area contributed by atoms with Crippen molar-refractivity contribution >= 4 is 21.2 Å². The molecule has 5 N–H and O–H groups in total. The summed E-state index contributed by atoms with van der Waals surface area (Å²) < 4.78 is 19.7. The third kappa shape index (κ3) is 19.8. The van der Waals surface area contributed by atoms with Crippen LogP contribution < -0.4 is 0 Å². The molecule has 90 valence electrons. The second kappa shape index (κ2) is 6.17. The van der Waals surface area contributed by atoms with Gasteiger partial charge in [-0.1, -0.05) is 6.58 Å². The number of rotatable bonds is 3. The number of hydrogen-bond acceptors (Lipinski definition) is 3. The van der Waals surface area contributed by atoms with Crippen LogP contribution in [0.15, 0.2) is 12.2 Å². The van der Waals surface area contributed by atoms with E-state index in [4.69, 9.17) is 24.7 Å². The van der Waals surface area contributed by atoms with Crippen molar-refractivity contribution in [3.63, 3.8) is 0 Å². The molecule has 10 heteroatoms. The predicted molar refractivity (Wildman–Crippen MR) is 51.4 cm³/mol. The summed E-state index contributed by atoms with van der Waals surface area (Å²) in [5.74, 6) is -2.31. The highest BCUT2D eigenvalue weighted by Gasteiger charge is 2.26. The quantitative estimate of drug-likeness (QED) is 0.350. The van der Waals surface area contributed by atoms with Gasteiger partial charge in [-0.05, 0) is 6.92 Å². The molecule has 0 saturated heterocycles. The lowest BCUT2D eigenvalue weighted by Crippen LogP contribution is -1.92. The summed E-state index contributed by atoms with van der Waals surface area (Å²) in [6, 6.07) is 0. The lowest BCUT2D eigenvalue weighted by Gasteiger charge is -2.03. The molecular weight excluding hydrogens is 250 g/mol. The Bertz CT molecular complexity index is 290. The van der Waals surface area contributed by atoms with Gasteiger partial charge in [-0.25, -0.2) is 4.79 Å². The van der Waals surface area contributed by atoms with Gasteiger partial charge in [0.2, 0.25) is 0 Å². The lowest BCUT2D eigenvalue weighted by molar-refractivity contribution is -0.132. The van der Waals surface area contributed by atoms with Crippen LogP contribution in [0.5, 0.6) is 0 Å². The molecule has 0 fully saturated rings. The summed E-state index contributed by atoms with van der Waals surface area (Å²) in [6.07, 6.45) is 0. The molecule has 0 aliphatic carbocycles. The van der Waals surface area contributed by atoms with Crippen molar-refractivity contribution in [2.45, 2.75) is 6.92 Å². The van der Waals surface area contributed by atoms with Gasteiger partial charge < -0.3 is 24.7 Å². The summed E-state index contributed by atoms with van der Waals surface area (Å²) in [7, 11) is -9.10. The molecule has 0 heterocycles. The molecule has 0 saturated carbocycles. The molecule has 15 heavy (non-hydrogen) atoms. The first-order valence-electron chi connectivity index (χ1n) is 3.33. The van der Waals surface area contributed by atoms with E-state index in [-0.39, 0.29) is 5.57 Å². The minimum atomic E-state index is -4.55. The smallest absolute Gasteiger partial charge is 0.337 e. The molecule has 0 aromatic rings. The first kappa shape index (κ1) is 16.9. The highest BCUT2D eigenvalue weighted by molar-refractivity contribution is 7.69. The van der Waals surface area contributed by atoms with Gasteiger partial charge in [-0.15, -0.1) is 0 Å². The Morgan fingerprint density at radius 1 is 1.13 bits per heavy atom. The second-order valence-corrected chi connectivity index (χ2v) is 6.35. The van der Waals surface area contributed by atoms with Crippen molar-refractivity contribution in [3.05, 3.63) is 12.2 Å². The van der Waals surface area contributed by atoms with Gasteiger partial charge in [0.05, 0.1) is 0 Å². The minimum absolute atomic E-state index is 0.176. The SMILES string of the molecule is C=C(C)C(=O)O.O=P(O)(O)CP(=O)(O)O. The maximum absolute atomic E-state index is 9.85. The van der Waals surface area contributed by atoms with E-state index in [2.05, 4.69) is 6.58 Å². The normalized spacial score (nSPS) is 11.3. The number of carboxylic acids is 1. The summed E-state index contributed by atoms with van der Waals surface area (Å²) in [4.78, 5) is 41.5. The average molecular weight is 262 g/mol. The summed E-state index contributed by atoms with van der Waals surface area (Å²) in [5, 5.41) is 7.89. The van der Waals surface area contributed by atoms with Crippen molar-refractivity contribution in [2.75, 3.05) is 5.90 Å². The van der Waals surface area contributed by atoms with Crippen molar-refractivity contribution in [1.82, 2.24) is 0 Å². The maximum atomic E-state index is 9.85. The van der Waals surface area contributed by atoms with Gasteiger partial charge in [-0.3, -0.25) is 9.13 Å². The van der Waals surface area contributed by atoms with E-state index in [1.165, 1.54) is 6.92 Å². The summed E-state index contributed by atoms with van der Waals surface area (Å²) in [6.45, 7) is 4.60. The van der Waals surface area contributed by atoms with Crippen LogP contribution in [0.1, 0.15) is 6.92 Å². The second-order valence-electron chi connectivity index (χ2n) is 2.56. The van der Waals surface area contributed by atoms with Crippen molar-refractivity contribution in [1.29, 1.82) is 0 Å². The van der Waals surface area contributed by atoms with Crippen molar-refractivity contribution in [2.24, 2.45) is 0 Å². The zero-order chi connectivity index (χ0) is 12.9. The molecule has 0 bridgehead atoms. The Kier molecular flexibility index (Phi) is 6.96. The Morgan fingerprint density at radius 2 is 1.33 bits per heavy atom. The zero-order valence-electron chi connectivity index (χ0n) is 7.77.